The van der Waals surface area contributed by atoms with E-state index in [-0.39, 0.29) is 5.91 Å². The molecule has 0 unspecified atom stereocenters. The van der Waals surface area contributed by atoms with Crippen LogP contribution in [0.3, 0.4) is 0 Å². The van der Waals surface area contributed by atoms with Gasteiger partial charge in [0.25, 0.3) is 0 Å². The number of hydrogen-bond acceptors (Lipinski definition) is 3. The van der Waals surface area contributed by atoms with Gasteiger partial charge in [-0.3, -0.25) is 4.79 Å². The number of carboxylic acid groups (broad SMARTS) is 1. The molecule has 1 rings (SSSR count). The van der Waals surface area contributed by atoms with Gasteiger partial charge in [-0.05, 0) is 18.3 Å². The average molecular weight is 256 g/mol. The highest BCUT2D eigenvalue weighted by Crippen LogP contribution is 2.27. The van der Waals surface area contributed by atoms with Crippen LogP contribution in [0.1, 0.15) is 52.9 Å². The van der Waals surface area contributed by atoms with Crippen molar-refractivity contribution in [1.82, 2.24) is 5.32 Å². The number of nitrogens with one attached hydrogen (secondary N) is 1. The first-order valence-corrected chi connectivity index (χ1v) is 6.49. The third kappa shape index (κ3) is 3.45. The number of amides is 1. The second-order valence-electron chi connectivity index (χ2n) is 6.33. The molecule has 0 spiro atoms. The van der Waals surface area contributed by atoms with E-state index in [1.165, 1.54) is 0 Å². The number of carbonyl (C=O) groups excluding carboxylic acids is 1. The van der Waals surface area contributed by atoms with E-state index in [0.29, 0.717) is 12.8 Å². The molecule has 104 valence electrons. The zero-order valence-electron chi connectivity index (χ0n) is 11.5. The maximum atomic E-state index is 12.2. The standard InChI is InChI=1S/C13H24N2O3/c1-12(2,3)9(10(16)17)15-11(18)13(14)7-5-4-6-8-13/h9H,4-8,14H2,1-3H3,(H,15,18)(H,16,17)/t9-/m1/s1. The van der Waals surface area contributed by atoms with Crippen molar-refractivity contribution in [3.8, 4) is 0 Å². The van der Waals surface area contributed by atoms with Crippen LogP contribution < -0.4 is 11.1 Å². The maximum absolute atomic E-state index is 12.2. The fourth-order valence-electron chi connectivity index (χ4n) is 2.33. The molecule has 1 atom stereocenters. The normalized spacial score (nSPS) is 21.1. The lowest BCUT2D eigenvalue weighted by molar-refractivity contribution is -0.146. The van der Waals surface area contributed by atoms with Crippen LogP contribution in [-0.2, 0) is 9.59 Å². The van der Waals surface area contributed by atoms with E-state index in [2.05, 4.69) is 5.32 Å². The lowest BCUT2D eigenvalue weighted by Gasteiger charge is -2.35. The van der Waals surface area contributed by atoms with Gasteiger partial charge >= 0.3 is 5.97 Å². The van der Waals surface area contributed by atoms with Crippen LogP contribution in [0.2, 0.25) is 0 Å². The molecular formula is C13H24N2O3. The maximum Gasteiger partial charge on any atom is 0.326 e. The average Bonchev–Trinajstić information content (AvgIpc) is 2.24. The molecule has 18 heavy (non-hydrogen) atoms. The van der Waals surface area contributed by atoms with Crippen molar-refractivity contribution >= 4 is 11.9 Å². The molecule has 1 saturated carbocycles. The predicted octanol–water partition coefficient (Wildman–Crippen LogP) is 1.26. The van der Waals surface area contributed by atoms with Crippen molar-refractivity contribution in [3.05, 3.63) is 0 Å². The lowest BCUT2D eigenvalue weighted by atomic mass is 9.80. The van der Waals surface area contributed by atoms with Crippen molar-refractivity contribution in [3.63, 3.8) is 0 Å². The van der Waals surface area contributed by atoms with Crippen LogP contribution >= 0.6 is 0 Å². The molecule has 0 aromatic heterocycles. The van der Waals surface area contributed by atoms with Crippen molar-refractivity contribution in [2.24, 2.45) is 11.1 Å². The van der Waals surface area contributed by atoms with Gasteiger partial charge in [-0.2, -0.15) is 0 Å². The summed E-state index contributed by atoms with van der Waals surface area (Å²) in [6.45, 7) is 5.36. The zero-order chi connectivity index (χ0) is 14.0. The molecule has 0 aromatic carbocycles. The Labute approximate surface area is 108 Å². The molecule has 1 aliphatic carbocycles. The molecule has 5 nitrogen and oxygen atoms in total. The number of rotatable bonds is 3. The fraction of sp³-hybridized carbons (Fsp3) is 0.846. The molecule has 1 fully saturated rings. The summed E-state index contributed by atoms with van der Waals surface area (Å²) in [6, 6.07) is -0.910. The Hall–Kier alpha value is -1.10. The molecule has 0 heterocycles. The van der Waals surface area contributed by atoms with Crippen LogP contribution in [0.4, 0.5) is 0 Å². The van der Waals surface area contributed by atoms with Crippen LogP contribution in [0.15, 0.2) is 0 Å². The Kier molecular flexibility index (Phi) is 4.37. The smallest absolute Gasteiger partial charge is 0.326 e. The van der Waals surface area contributed by atoms with Gasteiger partial charge in [0.05, 0.1) is 5.54 Å². The highest BCUT2D eigenvalue weighted by Gasteiger charge is 2.40. The summed E-state index contributed by atoms with van der Waals surface area (Å²) >= 11 is 0. The summed E-state index contributed by atoms with van der Waals surface area (Å²) in [6.07, 6.45) is 4.22. The number of aliphatic carboxylic acids is 1. The van der Waals surface area contributed by atoms with Gasteiger partial charge in [-0.15, -0.1) is 0 Å². The van der Waals surface area contributed by atoms with Crippen molar-refractivity contribution in [2.45, 2.75) is 64.5 Å². The minimum atomic E-state index is -1.02. The third-order valence-corrected chi connectivity index (χ3v) is 3.59. The molecule has 1 aliphatic rings. The molecule has 4 N–H and O–H groups in total. The van der Waals surface area contributed by atoms with Crippen LogP contribution in [0.25, 0.3) is 0 Å². The number of carboxylic acids is 1. The van der Waals surface area contributed by atoms with E-state index in [9.17, 15) is 14.7 Å². The van der Waals surface area contributed by atoms with Gasteiger partial charge in [-0.1, -0.05) is 40.0 Å². The first-order valence-electron chi connectivity index (χ1n) is 6.49. The molecule has 0 aliphatic heterocycles. The number of nitrogens with two attached hydrogens (primary N) is 1. The summed E-state index contributed by atoms with van der Waals surface area (Å²) in [5.41, 5.74) is 4.66. The van der Waals surface area contributed by atoms with Crippen molar-refractivity contribution < 1.29 is 14.7 Å². The summed E-state index contributed by atoms with van der Waals surface area (Å²) in [7, 11) is 0. The zero-order valence-corrected chi connectivity index (χ0v) is 11.5. The SMILES string of the molecule is CC(C)(C)[C@H](NC(=O)C1(N)CCCCC1)C(=O)O. The quantitative estimate of drug-likeness (QED) is 0.709. The summed E-state index contributed by atoms with van der Waals surface area (Å²) in [5, 5.41) is 11.8. The largest absolute Gasteiger partial charge is 0.480 e. The Morgan fingerprint density at radius 3 is 2.11 bits per heavy atom. The highest BCUT2D eigenvalue weighted by molar-refractivity contribution is 5.90. The first kappa shape index (κ1) is 15.0. The van der Waals surface area contributed by atoms with Gasteiger partial charge in [0.2, 0.25) is 5.91 Å². The first-order chi connectivity index (χ1) is 8.17. The van der Waals surface area contributed by atoms with E-state index in [1.807, 2.05) is 0 Å². The van der Waals surface area contributed by atoms with Crippen LogP contribution in [0.5, 0.6) is 0 Å². The number of hydrogen-bond donors (Lipinski definition) is 3. The van der Waals surface area contributed by atoms with Crippen LogP contribution in [-0.4, -0.2) is 28.6 Å². The minimum absolute atomic E-state index is 0.329. The Morgan fingerprint density at radius 2 is 1.72 bits per heavy atom. The Bertz CT molecular complexity index is 328. The highest BCUT2D eigenvalue weighted by atomic mass is 16.4. The monoisotopic (exact) mass is 256 g/mol. The van der Waals surface area contributed by atoms with Crippen molar-refractivity contribution in [2.75, 3.05) is 0 Å². The van der Waals surface area contributed by atoms with E-state index in [4.69, 9.17) is 5.73 Å². The minimum Gasteiger partial charge on any atom is -0.480 e. The van der Waals surface area contributed by atoms with E-state index in [0.717, 1.165) is 19.3 Å². The molecule has 0 saturated heterocycles. The lowest BCUT2D eigenvalue weighted by Crippen LogP contribution is -2.60. The molecule has 0 aromatic rings. The summed E-state index contributed by atoms with van der Waals surface area (Å²) in [5.74, 6) is -1.35. The van der Waals surface area contributed by atoms with Crippen LogP contribution in [0, 0.1) is 5.41 Å². The predicted molar refractivity (Wildman–Crippen MR) is 69.0 cm³/mol. The van der Waals surface area contributed by atoms with Gasteiger partial charge in [0.15, 0.2) is 0 Å². The van der Waals surface area contributed by atoms with Gasteiger partial charge in [0, 0.05) is 0 Å². The Balaban J connectivity index is 2.75. The number of carbonyl (C=O) groups is 2. The van der Waals surface area contributed by atoms with Gasteiger partial charge < -0.3 is 16.2 Å². The Morgan fingerprint density at radius 1 is 1.22 bits per heavy atom. The van der Waals surface area contributed by atoms with Gasteiger partial charge in [-0.25, -0.2) is 4.79 Å². The molecular weight excluding hydrogens is 232 g/mol. The third-order valence-electron chi connectivity index (χ3n) is 3.59. The topological polar surface area (TPSA) is 92.4 Å². The van der Waals surface area contributed by atoms with E-state index in [1.54, 1.807) is 20.8 Å². The summed E-state index contributed by atoms with van der Waals surface area (Å²) < 4.78 is 0. The summed E-state index contributed by atoms with van der Waals surface area (Å²) in [4.78, 5) is 23.4. The molecule has 1 amide bonds. The van der Waals surface area contributed by atoms with Crippen molar-refractivity contribution in [1.29, 1.82) is 0 Å². The van der Waals surface area contributed by atoms with E-state index >= 15 is 0 Å². The molecule has 5 heteroatoms. The van der Waals surface area contributed by atoms with Gasteiger partial charge in [0.1, 0.15) is 6.04 Å². The second-order valence-corrected chi connectivity index (χ2v) is 6.33. The van der Waals surface area contributed by atoms with E-state index < -0.39 is 23.0 Å². The fourth-order valence-corrected chi connectivity index (χ4v) is 2.33. The molecule has 0 radical (unpaired) electrons. The molecule has 0 bridgehead atoms. The second kappa shape index (κ2) is 5.26.